The molecule has 4 rings (SSSR count). The molecular formula is C22H15Cl2FN4OS. The Kier molecular flexibility index (Phi) is 6.46. The first-order valence-corrected chi connectivity index (χ1v) is 10.7. The van der Waals surface area contributed by atoms with Crippen molar-refractivity contribution in [1.82, 2.24) is 9.97 Å². The number of nitrogens with zero attached hydrogens (tertiary/aromatic N) is 2. The van der Waals surface area contributed by atoms with E-state index in [1.807, 2.05) is 12.1 Å². The van der Waals surface area contributed by atoms with Crippen molar-refractivity contribution in [2.24, 2.45) is 0 Å². The van der Waals surface area contributed by atoms with E-state index in [1.54, 1.807) is 42.7 Å². The second-order valence-electron chi connectivity index (χ2n) is 6.51. The van der Waals surface area contributed by atoms with Crippen molar-refractivity contribution in [3.63, 3.8) is 0 Å². The fraction of sp³-hybridized carbons (Fsp3) is 0.0455. The summed E-state index contributed by atoms with van der Waals surface area (Å²) in [6.07, 6.45) is 3.79. The van der Waals surface area contributed by atoms with Crippen LogP contribution < -0.4 is 10.6 Å². The number of halogens is 3. The molecule has 0 saturated carbocycles. The van der Waals surface area contributed by atoms with Crippen LogP contribution in [-0.4, -0.2) is 15.9 Å². The summed E-state index contributed by atoms with van der Waals surface area (Å²) in [5.74, 6) is -0.455. The molecule has 9 heteroatoms. The average Bonchev–Trinajstić information content (AvgIpc) is 3.18. The van der Waals surface area contributed by atoms with E-state index in [0.717, 1.165) is 10.4 Å². The van der Waals surface area contributed by atoms with Gasteiger partial charge < -0.3 is 5.32 Å². The predicted octanol–water partition coefficient (Wildman–Crippen LogP) is 6.57. The molecule has 4 aromatic rings. The summed E-state index contributed by atoms with van der Waals surface area (Å²) in [7, 11) is 0. The smallest absolute Gasteiger partial charge is 0.261 e. The Balaban J connectivity index is 1.49. The van der Waals surface area contributed by atoms with Gasteiger partial charge >= 0.3 is 0 Å². The van der Waals surface area contributed by atoms with Crippen LogP contribution in [0.4, 0.5) is 21.0 Å². The van der Waals surface area contributed by atoms with Crippen molar-refractivity contribution in [1.29, 1.82) is 0 Å². The molecule has 0 bridgehead atoms. The van der Waals surface area contributed by atoms with Crippen LogP contribution in [0, 0.1) is 5.82 Å². The van der Waals surface area contributed by atoms with Crippen LogP contribution in [0.3, 0.4) is 0 Å². The number of hydrogen-bond donors (Lipinski definition) is 2. The number of carbonyl (C=O) groups is 1. The van der Waals surface area contributed by atoms with E-state index in [4.69, 9.17) is 23.2 Å². The molecule has 5 nitrogen and oxygen atoms in total. The van der Waals surface area contributed by atoms with Crippen molar-refractivity contribution in [2.45, 2.75) is 6.42 Å². The Morgan fingerprint density at radius 2 is 1.90 bits per heavy atom. The first-order chi connectivity index (χ1) is 15.0. The fourth-order valence-corrected chi connectivity index (χ4v) is 4.09. The number of carbonyl (C=O) groups excluding carboxylic acids is 1. The summed E-state index contributed by atoms with van der Waals surface area (Å²) in [6, 6.07) is 14.7. The third-order valence-corrected chi connectivity index (χ3v) is 6.08. The van der Waals surface area contributed by atoms with Crippen molar-refractivity contribution in [2.75, 3.05) is 10.6 Å². The monoisotopic (exact) mass is 472 g/mol. The van der Waals surface area contributed by atoms with Crippen LogP contribution in [0.2, 0.25) is 10.0 Å². The quantitative estimate of drug-likeness (QED) is 0.332. The summed E-state index contributed by atoms with van der Waals surface area (Å²) >= 11 is 13.7. The Morgan fingerprint density at radius 1 is 1.06 bits per heavy atom. The lowest BCUT2D eigenvalue weighted by Crippen LogP contribution is -2.14. The van der Waals surface area contributed by atoms with Gasteiger partial charge in [0, 0.05) is 29.4 Å². The Hall–Kier alpha value is -3.00. The maximum absolute atomic E-state index is 13.5. The molecule has 0 aliphatic rings. The molecule has 0 aliphatic heterocycles. The second-order valence-corrected chi connectivity index (χ2v) is 8.41. The maximum Gasteiger partial charge on any atom is 0.261 e. The average molecular weight is 473 g/mol. The zero-order valence-corrected chi connectivity index (χ0v) is 18.2. The molecule has 0 atom stereocenters. The normalized spacial score (nSPS) is 10.7. The number of rotatable bonds is 6. The summed E-state index contributed by atoms with van der Waals surface area (Å²) in [5, 5.41) is 7.20. The number of thiazole rings is 1. The first kappa shape index (κ1) is 21.2. The Bertz CT molecular complexity index is 1250. The van der Waals surface area contributed by atoms with E-state index >= 15 is 0 Å². The van der Waals surface area contributed by atoms with Crippen molar-refractivity contribution in [3.05, 3.63) is 98.9 Å². The lowest BCUT2D eigenvalue weighted by molar-refractivity contribution is 0.102. The van der Waals surface area contributed by atoms with Gasteiger partial charge in [0.25, 0.3) is 5.91 Å². The first-order valence-electron chi connectivity index (χ1n) is 9.16. The van der Waals surface area contributed by atoms with Gasteiger partial charge in [-0.15, -0.1) is 11.3 Å². The van der Waals surface area contributed by atoms with Crippen LogP contribution in [0.15, 0.2) is 67.0 Å². The van der Waals surface area contributed by atoms with Crippen LogP contribution in [0.5, 0.6) is 0 Å². The number of amides is 1. The van der Waals surface area contributed by atoms with Gasteiger partial charge in [-0.25, -0.2) is 14.4 Å². The minimum atomic E-state index is -0.387. The molecule has 0 fully saturated rings. The number of nitrogens with one attached hydrogen (secondary N) is 2. The van der Waals surface area contributed by atoms with Crippen LogP contribution >= 0.6 is 34.5 Å². The molecule has 2 aromatic carbocycles. The van der Waals surface area contributed by atoms with Gasteiger partial charge in [0.15, 0.2) is 5.13 Å². The SMILES string of the molecule is O=C(Nc1ncc(Cc2cccc(Cl)c2Cl)s1)c1cccnc1Nc1cccc(F)c1. The largest absolute Gasteiger partial charge is 0.339 e. The molecule has 2 aromatic heterocycles. The predicted molar refractivity (Wildman–Crippen MR) is 123 cm³/mol. The Morgan fingerprint density at radius 3 is 2.74 bits per heavy atom. The number of benzene rings is 2. The van der Waals surface area contributed by atoms with E-state index < -0.39 is 0 Å². The molecule has 1 amide bonds. The van der Waals surface area contributed by atoms with Crippen LogP contribution in [-0.2, 0) is 6.42 Å². The van der Waals surface area contributed by atoms with E-state index in [2.05, 4.69) is 20.6 Å². The van der Waals surface area contributed by atoms with E-state index in [-0.39, 0.29) is 11.7 Å². The highest BCUT2D eigenvalue weighted by Crippen LogP contribution is 2.30. The van der Waals surface area contributed by atoms with E-state index in [9.17, 15) is 9.18 Å². The highest BCUT2D eigenvalue weighted by molar-refractivity contribution is 7.15. The standard InChI is InChI=1S/C22H15Cl2FN4OS/c23-18-8-1-4-13(19(18)24)10-16-12-27-22(31-16)29-21(30)17-7-3-9-26-20(17)28-15-6-2-5-14(25)11-15/h1-9,11-12H,10H2,(H,26,28)(H,27,29,30). The van der Waals surface area contributed by atoms with Crippen molar-refractivity contribution in [3.8, 4) is 0 Å². The molecule has 31 heavy (non-hydrogen) atoms. The highest BCUT2D eigenvalue weighted by Gasteiger charge is 2.15. The third kappa shape index (κ3) is 5.19. The van der Waals surface area contributed by atoms with Gasteiger partial charge in [0.05, 0.1) is 15.6 Å². The van der Waals surface area contributed by atoms with E-state index in [0.29, 0.717) is 38.7 Å². The van der Waals surface area contributed by atoms with Gasteiger partial charge in [-0.3, -0.25) is 10.1 Å². The topological polar surface area (TPSA) is 66.9 Å². The lowest BCUT2D eigenvalue weighted by Gasteiger charge is -2.10. The van der Waals surface area contributed by atoms with Crippen LogP contribution in [0.25, 0.3) is 0 Å². The molecule has 2 heterocycles. The molecule has 0 radical (unpaired) electrons. The number of anilines is 3. The number of aromatic nitrogens is 2. The molecule has 2 N–H and O–H groups in total. The molecule has 0 aliphatic carbocycles. The van der Waals surface area contributed by atoms with Gasteiger partial charge in [0.2, 0.25) is 0 Å². The number of hydrogen-bond acceptors (Lipinski definition) is 5. The molecule has 0 spiro atoms. The zero-order valence-electron chi connectivity index (χ0n) is 15.9. The fourth-order valence-electron chi connectivity index (χ4n) is 2.88. The molecule has 0 saturated heterocycles. The van der Waals surface area contributed by atoms with Gasteiger partial charge in [-0.2, -0.15) is 0 Å². The maximum atomic E-state index is 13.5. The molecule has 0 unspecified atom stereocenters. The highest BCUT2D eigenvalue weighted by atomic mass is 35.5. The second kappa shape index (κ2) is 9.43. The lowest BCUT2D eigenvalue weighted by atomic mass is 10.1. The zero-order chi connectivity index (χ0) is 21.8. The Labute approximate surface area is 191 Å². The number of pyridine rings is 1. The minimum absolute atomic E-state index is 0.307. The summed E-state index contributed by atoms with van der Waals surface area (Å²) in [4.78, 5) is 22.2. The summed E-state index contributed by atoms with van der Waals surface area (Å²) < 4.78 is 13.5. The van der Waals surface area contributed by atoms with Gasteiger partial charge in [-0.05, 0) is 42.0 Å². The van der Waals surface area contributed by atoms with E-state index in [1.165, 1.54) is 23.5 Å². The van der Waals surface area contributed by atoms with Crippen molar-refractivity contribution >= 4 is 57.1 Å². The van der Waals surface area contributed by atoms with Crippen LogP contribution in [0.1, 0.15) is 20.8 Å². The third-order valence-electron chi connectivity index (χ3n) is 4.31. The summed E-state index contributed by atoms with van der Waals surface area (Å²) in [6.45, 7) is 0. The van der Waals surface area contributed by atoms with Crippen molar-refractivity contribution < 1.29 is 9.18 Å². The van der Waals surface area contributed by atoms with Gasteiger partial charge in [-0.1, -0.05) is 41.4 Å². The molecular weight excluding hydrogens is 458 g/mol. The minimum Gasteiger partial charge on any atom is -0.339 e. The van der Waals surface area contributed by atoms with Gasteiger partial charge in [0.1, 0.15) is 11.6 Å². The molecule has 156 valence electrons. The summed E-state index contributed by atoms with van der Waals surface area (Å²) in [5.41, 5.74) is 1.67.